The second kappa shape index (κ2) is 6.11. The van der Waals surface area contributed by atoms with Crippen molar-refractivity contribution in [1.82, 2.24) is 5.32 Å². The molecule has 3 N–H and O–H groups in total. The van der Waals surface area contributed by atoms with Crippen LogP contribution in [0.15, 0.2) is 36.0 Å². The average molecular weight is 244 g/mol. The monoisotopic (exact) mass is 244 g/mol. The van der Waals surface area contributed by atoms with E-state index in [1.807, 2.05) is 6.07 Å². The van der Waals surface area contributed by atoms with Crippen LogP contribution in [-0.2, 0) is 4.79 Å². The van der Waals surface area contributed by atoms with E-state index in [2.05, 4.69) is 5.32 Å². The highest BCUT2D eigenvalue weighted by Crippen LogP contribution is 2.25. The summed E-state index contributed by atoms with van der Waals surface area (Å²) in [5.41, 5.74) is 0.781. The van der Waals surface area contributed by atoms with Crippen molar-refractivity contribution in [2.75, 3.05) is 0 Å². The molecule has 1 amide bonds. The van der Waals surface area contributed by atoms with Gasteiger partial charge in [0.1, 0.15) is 11.8 Å². The Labute approximate surface area is 104 Å². The SMILES string of the molecule is CC(=O)N/C(C#N)=C/C=C/c1ccc(O)c(O)c1. The molecule has 0 fully saturated rings. The van der Waals surface area contributed by atoms with Crippen molar-refractivity contribution in [3.8, 4) is 17.6 Å². The number of allylic oxidation sites excluding steroid dienone is 3. The second-order valence-electron chi connectivity index (χ2n) is 3.48. The Kier molecular flexibility index (Phi) is 4.52. The maximum absolute atomic E-state index is 10.7. The minimum Gasteiger partial charge on any atom is -0.504 e. The van der Waals surface area contributed by atoms with Crippen LogP contribution in [0.2, 0.25) is 0 Å². The number of hydrogen-bond donors (Lipinski definition) is 3. The number of phenolic OH excluding ortho intramolecular Hbond substituents is 2. The number of nitrogens with one attached hydrogen (secondary N) is 1. The molecular formula is C13H12N2O3. The maximum Gasteiger partial charge on any atom is 0.221 e. The largest absolute Gasteiger partial charge is 0.504 e. The van der Waals surface area contributed by atoms with Gasteiger partial charge in [0.05, 0.1) is 0 Å². The molecular weight excluding hydrogens is 232 g/mol. The van der Waals surface area contributed by atoms with Crippen LogP contribution < -0.4 is 5.32 Å². The minimum atomic E-state index is -0.321. The second-order valence-corrected chi connectivity index (χ2v) is 3.48. The zero-order valence-corrected chi connectivity index (χ0v) is 9.71. The van der Waals surface area contributed by atoms with Crippen molar-refractivity contribution in [2.45, 2.75) is 6.92 Å². The summed E-state index contributed by atoms with van der Waals surface area (Å²) in [6.45, 7) is 1.31. The van der Waals surface area contributed by atoms with Crippen LogP contribution in [-0.4, -0.2) is 16.1 Å². The molecule has 0 spiro atoms. The van der Waals surface area contributed by atoms with Crippen LogP contribution in [0.25, 0.3) is 6.08 Å². The van der Waals surface area contributed by atoms with Crippen LogP contribution in [0.1, 0.15) is 12.5 Å². The highest BCUT2D eigenvalue weighted by molar-refractivity contribution is 5.76. The lowest BCUT2D eigenvalue weighted by Crippen LogP contribution is -2.17. The van der Waals surface area contributed by atoms with Gasteiger partial charge in [-0.25, -0.2) is 0 Å². The first-order valence-corrected chi connectivity index (χ1v) is 5.11. The Hall–Kier alpha value is -2.74. The van der Waals surface area contributed by atoms with E-state index in [0.29, 0.717) is 5.56 Å². The van der Waals surface area contributed by atoms with Gasteiger partial charge in [-0.15, -0.1) is 0 Å². The Morgan fingerprint density at radius 3 is 2.67 bits per heavy atom. The molecule has 1 rings (SSSR count). The summed E-state index contributed by atoms with van der Waals surface area (Å²) in [4.78, 5) is 10.7. The van der Waals surface area contributed by atoms with Crippen molar-refractivity contribution in [2.24, 2.45) is 0 Å². The summed E-state index contributed by atoms with van der Waals surface area (Å²) in [6.07, 6.45) is 4.62. The van der Waals surface area contributed by atoms with Gasteiger partial charge in [0.25, 0.3) is 0 Å². The molecule has 92 valence electrons. The van der Waals surface area contributed by atoms with Crippen molar-refractivity contribution in [3.63, 3.8) is 0 Å². The Balaban J connectivity index is 2.80. The molecule has 0 aliphatic rings. The summed E-state index contributed by atoms with van der Waals surface area (Å²) in [5, 5.41) is 29.5. The van der Waals surface area contributed by atoms with Crippen molar-refractivity contribution in [1.29, 1.82) is 5.26 Å². The lowest BCUT2D eigenvalue weighted by molar-refractivity contribution is -0.118. The summed E-state index contributed by atoms with van der Waals surface area (Å²) in [6, 6.07) is 6.17. The van der Waals surface area contributed by atoms with Crippen LogP contribution in [0.3, 0.4) is 0 Å². The number of carbonyl (C=O) groups is 1. The Morgan fingerprint density at radius 1 is 1.39 bits per heavy atom. The van der Waals surface area contributed by atoms with E-state index < -0.39 is 0 Å². The number of phenols is 2. The first-order chi connectivity index (χ1) is 8.52. The third kappa shape index (κ3) is 4.02. The normalized spacial score (nSPS) is 11.2. The molecule has 18 heavy (non-hydrogen) atoms. The average Bonchev–Trinajstić information content (AvgIpc) is 2.32. The lowest BCUT2D eigenvalue weighted by Gasteiger charge is -1.98. The zero-order chi connectivity index (χ0) is 13.5. The number of carbonyl (C=O) groups excluding carboxylic acids is 1. The van der Waals surface area contributed by atoms with Crippen LogP contribution in [0.4, 0.5) is 0 Å². The van der Waals surface area contributed by atoms with Crippen molar-refractivity contribution >= 4 is 12.0 Å². The molecule has 1 aromatic rings. The highest BCUT2D eigenvalue weighted by Gasteiger charge is 1.98. The minimum absolute atomic E-state index is 0.127. The number of nitriles is 1. The third-order valence-electron chi connectivity index (χ3n) is 1.98. The van der Waals surface area contributed by atoms with E-state index in [9.17, 15) is 9.90 Å². The molecule has 0 aliphatic carbocycles. The highest BCUT2D eigenvalue weighted by atomic mass is 16.3. The van der Waals surface area contributed by atoms with Gasteiger partial charge in [-0.2, -0.15) is 5.26 Å². The van der Waals surface area contributed by atoms with Crippen molar-refractivity contribution in [3.05, 3.63) is 41.6 Å². The number of hydrogen-bond acceptors (Lipinski definition) is 4. The lowest BCUT2D eigenvalue weighted by atomic mass is 10.2. The van der Waals surface area contributed by atoms with E-state index in [1.54, 1.807) is 18.2 Å². The zero-order valence-electron chi connectivity index (χ0n) is 9.71. The number of benzene rings is 1. The fourth-order valence-corrected chi connectivity index (χ4v) is 1.20. The molecule has 0 unspecified atom stereocenters. The van der Waals surface area contributed by atoms with E-state index in [0.717, 1.165) is 0 Å². The van der Waals surface area contributed by atoms with Gasteiger partial charge < -0.3 is 15.5 Å². The number of rotatable bonds is 3. The van der Waals surface area contributed by atoms with Gasteiger partial charge in [-0.05, 0) is 23.8 Å². The predicted molar refractivity (Wildman–Crippen MR) is 66.3 cm³/mol. The molecule has 5 heteroatoms. The number of aromatic hydroxyl groups is 2. The molecule has 0 radical (unpaired) electrons. The molecule has 0 saturated carbocycles. The van der Waals surface area contributed by atoms with Crippen molar-refractivity contribution < 1.29 is 15.0 Å². The molecule has 1 aromatic carbocycles. The fourth-order valence-electron chi connectivity index (χ4n) is 1.20. The van der Waals surface area contributed by atoms with Gasteiger partial charge in [0.15, 0.2) is 11.5 Å². The predicted octanol–water partition coefficient (Wildman–Crippen LogP) is 1.65. The molecule has 0 aliphatic heterocycles. The number of amides is 1. The van der Waals surface area contributed by atoms with Gasteiger partial charge in [0, 0.05) is 6.92 Å². The Morgan fingerprint density at radius 2 is 2.11 bits per heavy atom. The van der Waals surface area contributed by atoms with Crippen LogP contribution >= 0.6 is 0 Å². The Bertz CT molecular complexity index is 554. The van der Waals surface area contributed by atoms with Gasteiger partial charge >= 0.3 is 0 Å². The van der Waals surface area contributed by atoms with Crippen LogP contribution in [0.5, 0.6) is 11.5 Å². The fraction of sp³-hybridized carbons (Fsp3) is 0.0769. The molecule has 0 aromatic heterocycles. The molecule has 0 saturated heterocycles. The summed E-state index contributed by atoms with van der Waals surface area (Å²) >= 11 is 0. The molecule has 0 bridgehead atoms. The first kappa shape index (κ1) is 13.3. The van der Waals surface area contributed by atoms with E-state index in [-0.39, 0.29) is 23.1 Å². The van der Waals surface area contributed by atoms with E-state index in [4.69, 9.17) is 10.4 Å². The maximum atomic E-state index is 10.7. The van der Waals surface area contributed by atoms with E-state index in [1.165, 1.54) is 25.1 Å². The molecule has 0 atom stereocenters. The smallest absolute Gasteiger partial charge is 0.221 e. The van der Waals surface area contributed by atoms with Gasteiger partial charge in [0.2, 0.25) is 5.91 Å². The third-order valence-corrected chi connectivity index (χ3v) is 1.98. The number of nitrogens with zero attached hydrogens (tertiary/aromatic N) is 1. The topological polar surface area (TPSA) is 93.4 Å². The summed E-state index contributed by atoms with van der Waals surface area (Å²) in [7, 11) is 0. The van der Waals surface area contributed by atoms with Crippen LogP contribution in [0, 0.1) is 11.3 Å². The summed E-state index contributed by atoms with van der Waals surface area (Å²) in [5.74, 6) is -0.736. The summed E-state index contributed by atoms with van der Waals surface area (Å²) < 4.78 is 0. The standard InChI is InChI=1S/C13H12N2O3/c1-9(16)15-11(8-14)4-2-3-10-5-6-12(17)13(18)7-10/h2-7,17-18H,1H3,(H,15,16)/b3-2+,11-4+. The quantitative estimate of drug-likeness (QED) is 0.428. The van der Waals surface area contributed by atoms with Gasteiger partial charge in [-0.1, -0.05) is 18.2 Å². The van der Waals surface area contributed by atoms with E-state index >= 15 is 0 Å². The molecule has 0 heterocycles. The first-order valence-electron chi connectivity index (χ1n) is 5.11. The molecule has 5 nitrogen and oxygen atoms in total. The van der Waals surface area contributed by atoms with Gasteiger partial charge in [-0.3, -0.25) is 4.79 Å².